The number of nitrogens with one attached hydrogen (secondary N) is 3. The van der Waals surface area contributed by atoms with Crippen LogP contribution in [0.4, 0.5) is 5.69 Å². The molecule has 1 amide bonds. The molecule has 0 aliphatic heterocycles. The molecule has 4 rings (SSSR count). The second kappa shape index (κ2) is 12.3. The van der Waals surface area contributed by atoms with Crippen LogP contribution in [0.25, 0.3) is 0 Å². The van der Waals surface area contributed by atoms with Crippen molar-refractivity contribution in [3.05, 3.63) is 125 Å². The number of hydrogen-bond acceptors (Lipinski definition) is 5. The van der Waals surface area contributed by atoms with Gasteiger partial charge in [0.2, 0.25) is 5.91 Å². The Morgan fingerprint density at radius 1 is 0.865 bits per heavy atom. The van der Waals surface area contributed by atoms with Crippen LogP contribution in [0.5, 0.6) is 11.5 Å². The lowest BCUT2D eigenvalue weighted by atomic mass is 10.0. The minimum Gasteiger partial charge on any atom is -0.493 e. The van der Waals surface area contributed by atoms with Crippen LogP contribution in [0.3, 0.4) is 0 Å². The van der Waals surface area contributed by atoms with Crippen molar-refractivity contribution in [1.29, 1.82) is 5.41 Å². The van der Waals surface area contributed by atoms with Crippen molar-refractivity contribution in [3.8, 4) is 11.5 Å². The number of hydrogen-bond donors (Lipinski definition) is 4. The average Bonchev–Trinajstić information content (AvgIpc) is 2.95. The lowest BCUT2D eigenvalue weighted by molar-refractivity contribution is -0.122. The largest absolute Gasteiger partial charge is 0.493 e. The van der Waals surface area contributed by atoms with E-state index in [1.54, 1.807) is 31.4 Å². The average molecular weight is 495 g/mol. The normalized spacial score (nSPS) is 11.3. The summed E-state index contributed by atoms with van der Waals surface area (Å²) in [5.74, 6) is 0.909. The summed E-state index contributed by atoms with van der Waals surface area (Å²) in [6.45, 7) is 0.800. The molecule has 0 saturated carbocycles. The number of anilines is 1. The Morgan fingerprint density at radius 3 is 2.14 bits per heavy atom. The molecule has 4 aromatic carbocycles. The third kappa shape index (κ3) is 6.89. The summed E-state index contributed by atoms with van der Waals surface area (Å²) in [6, 6.07) is 31.5. The van der Waals surface area contributed by atoms with Crippen molar-refractivity contribution in [2.45, 2.75) is 19.2 Å². The summed E-state index contributed by atoms with van der Waals surface area (Å²) in [7, 11) is 1.58. The highest BCUT2D eigenvalue weighted by molar-refractivity contribution is 5.95. The van der Waals surface area contributed by atoms with Gasteiger partial charge in [0.25, 0.3) is 0 Å². The number of amidine groups is 1. The highest BCUT2D eigenvalue weighted by Crippen LogP contribution is 2.32. The van der Waals surface area contributed by atoms with Gasteiger partial charge in [-0.3, -0.25) is 10.2 Å². The summed E-state index contributed by atoms with van der Waals surface area (Å²) in [4.78, 5) is 13.4. The van der Waals surface area contributed by atoms with E-state index in [4.69, 9.17) is 20.6 Å². The Balaban J connectivity index is 1.57. The lowest BCUT2D eigenvalue weighted by Gasteiger charge is -2.22. The Kier molecular flexibility index (Phi) is 8.39. The first-order chi connectivity index (χ1) is 18.0. The molecule has 0 spiro atoms. The standard InChI is InChI=1S/C30H30N4O3/c1-36-27-18-24(14-17-26(27)37-20-22-10-6-3-7-11-22)28(30(35)33-19-21-8-4-2-5-9-21)34-25-15-12-23(13-16-25)29(31)32/h2-18,28,34H,19-20H2,1H3,(H3,31,32)(H,33,35)/t28-/m0/s1. The van der Waals surface area contributed by atoms with Crippen molar-refractivity contribution in [2.75, 3.05) is 12.4 Å². The molecular formula is C30H30N4O3. The second-order valence-electron chi connectivity index (χ2n) is 8.46. The van der Waals surface area contributed by atoms with Gasteiger partial charge >= 0.3 is 0 Å². The molecule has 5 N–H and O–H groups in total. The smallest absolute Gasteiger partial charge is 0.247 e. The van der Waals surface area contributed by atoms with Crippen molar-refractivity contribution in [3.63, 3.8) is 0 Å². The number of carbonyl (C=O) groups is 1. The number of methoxy groups -OCH3 is 1. The molecular weight excluding hydrogens is 464 g/mol. The molecule has 0 unspecified atom stereocenters. The third-order valence-corrected chi connectivity index (χ3v) is 5.84. The molecule has 7 heteroatoms. The van der Waals surface area contributed by atoms with E-state index >= 15 is 0 Å². The number of nitrogens with two attached hydrogens (primary N) is 1. The van der Waals surface area contributed by atoms with Gasteiger partial charge in [0, 0.05) is 17.8 Å². The molecule has 37 heavy (non-hydrogen) atoms. The van der Waals surface area contributed by atoms with E-state index in [0.29, 0.717) is 41.5 Å². The van der Waals surface area contributed by atoms with Crippen LogP contribution < -0.4 is 25.8 Å². The fourth-order valence-electron chi connectivity index (χ4n) is 3.82. The van der Waals surface area contributed by atoms with Crippen LogP contribution in [-0.4, -0.2) is 18.9 Å². The van der Waals surface area contributed by atoms with E-state index in [9.17, 15) is 4.79 Å². The number of benzene rings is 4. The number of nitrogen functional groups attached to an aromatic ring is 1. The zero-order valence-corrected chi connectivity index (χ0v) is 20.6. The molecule has 0 bridgehead atoms. The summed E-state index contributed by atoms with van der Waals surface area (Å²) >= 11 is 0. The van der Waals surface area contributed by atoms with Crippen LogP contribution >= 0.6 is 0 Å². The van der Waals surface area contributed by atoms with Gasteiger partial charge in [0.05, 0.1) is 7.11 Å². The second-order valence-corrected chi connectivity index (χ2v) is 8.46. The molecule has 0 fully saturated rings. The van der Waals surface area contributed by atoms with E-state index in [1.807, 2.05) is 78.9 Å². The van der Waals surface area contributed by atoms with Gasteiger partial charge < -0.3 is 25.8 Å². The summed E-state index contributed by atoms with van der Waals surface area (Å²) in [5, 5.41) is 13.9. The maximum Gasteiger partial charge on any atom is 0.247 e. The maximum absolute atomic E-state index is 13.4. The number of rotatable bonds is 11. The van der Waals surface area contributed by atoms with Crippen molar-refractivity contribution < 1.29 is 14.3 Å². The first-order valence-corrected chi connectivity index (χ1v) is 11.9. The van der Waals surface area contributed by atoms with Gasteiger partial charge in [-0.1, -0.05) is 66.7 Å². The first kappa shape index (κ1) is 25.3. The minimum atomic E-state index is -0.705. The predicted molar refractivity (Wildman–Crippen MR) is 146 cm³/mol. The van der Waals surface area contributed by atoms with Gasteiger partial charge in [-0.05, 0) is 53.1 Å². The minimum absolute atomic E-state index is 0.0143. The van der Waals surface area contributed by atoms with E-state index in [0.717, 1.165) is 11.1 Å². The molecule has 0 aliphatic carbocycles. The highest BCUT2D eigenvalue weighted by atomic mass is 16.5. The van der Waals surface area contributed by atoms with Crippen molar-refractivity contribution >= 4 is 17.4 Å². The monoisotopic (exact) mass is 494 g/mol. The van der Waals surface area contributed by atoms with E-state index in [-0.39, 0.29) is 11.7 Å². The molecule has 1 atom stereocenters. The van der Waals surface area contributed by atoms with Crippen LogP contribution in [0, 0.1) is 5.41 Å². The molecule has 0 radical (unpaired) electrons. The van der Waals surface area contributed by atoms with Crippen LogP contribution in [0.1, 0.15) is 28.3 Å². The molecule has 0 aromatic heterocycles. The Bertz CT molecular complexity index is 1330. The maximum atomic E-state index is 13.4. The summed E-state index contributed by atoms with van der Waals surface area (Å²) in [5.41, 5.74) is 9.66. The number of amides is 1. The van der Waals surface area contributed by atoms with Gasteiger partial charge in [-0.2, -0.15) is 0 Å². The zero-order valence-electron chi connectivity index (χ0n) is 20.6. The van der Waals surface area contributed by atoms with Gasteiger partial charge in [-0.25, -0.2) is 0 Å². The molecule has 7 nitrogen and oxygen atoms in total. The molecule has 188 valence electrons. The first-order valence-electron chi connectivity index (χ1n) is 11.9. The van der Waals surface area contributed by atoms with Crippen LogP contribution in [-0.2, 0) is 17.9 Å². The molecule has 4 aromatic rings. The number of carbonyl (C=O) groups excluding carboxylic acids is 1. The topological polar surface area (TPSA) is 109 Å². The molecule has 0 saturated heterocycles. The fraction of sp³-hybridized carbons (Fsp3) is 0.133. The quantitative estimate of drug-likeness (QED) is 0.173. The Labute approximate surface area is 216 Å². The van der Waals surface area contributed by atoms with Crippen LogP contribution in [0.15, 0.2) is 103 Å². The number of ether oxygens (including phenoxy) is 2. The van der Waals surface area contributed by atoms with Gasteiger partial charge in [0.1, 0.15) is 18.5 Å². The summed E-state index contributed by atoms with van der Waals surface area (Å²) < 4.78 is 11.6. The fourth-order valence-corrected chi connectivity index (χ4v) is 3.82. The predicted octanol–water partition coefficient (Wildman–Crippen LogP) is 5.03. The highest BCUT2D eigenvalue weighted by Gasteiger charge is 2.22. The van der Waals surface area contributed by atoms with Crippen LogP contribution in [0.2, 0.25) is 0 Å². The summed E-state index contributed by atoms with van der Waals surface area (Å²) in [6.07, 6.45) is 0. The third-order valence-electron chi connectivity index (χ3n) is 5.84. The van der Waals surface area contributed by atoms with Crippen molar-refractivity contribution in [2.24, 2.45) is 5.73 Å². The van der Waals surface area contributed by atoms with E-state index in [1.165, 1.54) is 0 Å². The molecule has 0 aliphatic rings. The SMILES string of the molecule is COc1cc([C@H](Nc2ccc(C(=N)N)cc2)C(=O)NCc2ccccc2)ccc1OCc1ccccc1. The Morgan fingerprint density at radius 2 is 1.51 bits per heavy atom. The van der Waals surface area contributed by atoms with Crippen molar-refractivity contribution in [1.82, 2.24) is 5.32 Å². The van der Waals surface area contributed by atoms with E-state index in [2.05, 4.69) is 10.6 Å². The van der Waals surface area contributed by atoms with Gasteiger partial charge in [-0.15, -0.1) is 0 Å². The van der Waals surface area contributed by atoms with Gasteiger partial charge in [0.15, 0.2) is 11.5 Å². The van der Waals surface area contributed by atoms with E-state index < -0.39 is 6.04 Å². The lowest BCUT2D eigenvalue weighted by Crippen LogP contribution is -2.33. The molecule has 0 heterocycles. The zero-order chi connectivity index (χ0) is 26.0. The Hall–Kier alpha value is -4.78.